The summed E-state index contributed by atoms with van der Waals surface area (Å²) in [6, 6.07) is 23.3. The molecule has 3 nitrogen and oxygen atoms in total. The molecule has 0 aliphatic heterocycles. The van der Waals surface area contributed by atoms with Crippen molar-refractivity contribution in [3.05, 3.63) is 88.9 Å². The fraction of sp³-hybridized carbons (Fsp3) is 0.130. The quantitative estimate of drug-likeness (QED) is 0.306. The predicted octanol–water partition coefficient (Wildman–Crippen LogP) is 6.91. The molecule has 4 aromatic rings. The molecular weight excluding hydrogens is 420 g/mol. The van der Waals surface area contributed by atoms with E-state index in [1.165, 1.54) is 11.3 Å². The number of hydrogen-bond donors (Lipinski definition) is 0. The van der Waals surface area contributed by atoms with Gasteiger partial charge in [-0.25, -0.2) is 4.98 Å². The van der Waals surface area contributed by atoms with Gasteiger partial charge in [0.25, 0.3) is 5.91 Å². The Kier molecular flexibility index (Phi) is 6.19. The van der Waals surface area contributed by atoms with Crippen molar-refractivity contribution in [3.8, 4) is 0 Å². The smallest absolute Gasteiger partial charge is 0.260 e. The monoisotopic (exact) mass is 438 g/mol. The summed E-state index contributed by atoms with van der Waals surface area (Å²) in [5, 5.41) is 1.33. The zero-order valence-corrected chi connectivity index (χ0v) is 18.2. The first-order valence-electron chi connectivity index (χ1n) is 9.29. The van der Waals surface area contributed by atoms with E-state index >= 15 is 0 Å². The van der Waals surface area contributed by atoms with Gasteiger partial charge in [-0.15, -0.1) is 11.8 Å². The van der Waals surface area contributed by atoms with Crippen LogP contribution in [0.1, 0.15) is 22.8 Å². The lowest BCUT2D eigenvalue weighted by molar-refractivity contribution is 0.0985. The predicted molar refractivity (Wildman–Crippen MR) is 124 cm³/mol. The molecule has 0 N–H and O–H groups in total. The van der Waals surface area contributed by atoms with Crippen molar-refractivity contribution in [3.63, 3.8) is 0 Å². The van der Waals surface area contributed by atoms with E-state index in [1.807, 2.05) is 72.8 Å². The molecular formula is C23H19ClN2OS2. The summed E-state index contributed by atoms with van der Waals surface area (Å²) in [4.78, 5) is 21.0. The van der Waals surface area contributed by atoms with Crippen molar-refractivity contribution in [2.75, 3.05) is 10.7 Å². The number of fused-ring (bicyclic) bond motifs is 1. The molecule has 1 amide bonds. The van der Waals surface area contributed by atoms with E-state index in [-0.39, 0.29) is 5.91 Å². The van der Waals surface area contributed by atoms with E-state index in [4.69, 9.17) is 16.6 Å². The first-order valence-corrected chi connectivity index (χ1v) is 11.5. The molecule has 1 heterocycles. The van der Waals surface area contributed by atoms with Crippen molar-refractivity contribution >= 4 is 56.0 Å². The molecule has 0 unspecified atom stereocenters. The lowest BCUT2D eigenvalue weighted by Crippen LogP contribution is -2.30. The fourth-order valence-electron chi connectivity index (χ4n) is 3.01. The maximum Gasteiger partial charge on any atom is 0.260 e. The van der Waals surface area contributed by atoms with Crippen molar-refractivity contribution in [1.82, 2.24) is 4.98 Å². The van der Waals surface area contributed by atoms with Crippen LogP contribution in [0.2, 0.25) is 5.02 Å². The van der Waals surface area contributed by atoms with Crippen LogP contribution in [-0.2, 0) is 6.54 Å². The molecule has 6 heteroatoms. The summed E-state index contributed by atoms with van der Waals surface area (Å²) in [6.45, 7) is 2.57. The van der Waals surface area contributed by atoms with E-state index < -0.39 is 0 Å². The van der Waals surface area contributed by atoms with Crippen LogP contribution in [0.15, 0.2) is 77.7 Å². The van der Waals surface area contributed by atoms with Crippen LogP contribution in [0.25, 0.3) is 10.2 Å². The fourth-order valence-corrected chi connectivity index (χ4v) is 4.91. The lowest BCUT2D eigenvalue weighted by Gasteiger charge is -2.20. The van der Waals surface area contributed by atoms with Crippen LogP contribution in [0.5, 0.6) is 0 Å². The van der Waals surface area contributed by atoms with Gasteiger partial charge in [-0.1, -0.05) is 60.2 Å². The Balaban J connectivity index is 1.71. The molecule has 0 aliphatic carbocycles. The Bertz CT molecular complexity index is 1130. The van der Waals surface area contributed by atoms with E-state index in [0.717, 1.165) is 26.4 Å². The number of hydrogen-bond acceptors (Lipinski definition) is 4. The molecule has 0 saturated heterocycles. The standard InChI is InChI=1S/C23H19ClN2OS2/c1-2-28-19-11-8-17(9-12-19)22(27)26(15-16-6-4-3-5-7-16)23-25-20-13-10-18(24)14-21(20)29-23/h3-14H,2,15H2,1H3. The second-order valence-corrected chi connectivity index (χ2v) is 9.23. The molecule has 1 aromatic heterocycles. The molecule has 0 atom stereocenters. The van der Waals surface area contributed by atoms with Gasteiger partial charge in [0.15, 0.2) is 5.13 Å². The highest BCUT2D eigenvalue weighted by atomic mass is 35.5. The number of aromatic nitrogens is 1. The number of carbonyl (C=O) groups is 1. The molecule has 0 spiro atoms. The van der Waals surface area contributed by atoms with Gasteiger partial charge >= 0.3 is 0 Å². The summed E-state index contributed by atoms with van der Waals surface area (Å²) in [7, 11) is 0. The van der Waals surface area contributed by atoms with E-state index in [0.29, 0.717) is 22.3 Å². The topological polar surface area (TPSA) is 33.2 Å². The van der Waals surface area contributed by atoms with Gasteiger partial charge < -0.3 is 0 Å². The number of thioether (sulfide) groups is 1. The van der Waals surface area contributed by atoms with Crippen molar-refractivity contribution < 1.29 is 4.79 Å². The molecule has 146 valence electrons. The van der Waals surface area contributed by atoms with Crippen LogP contribution in [-0.4, -0.2) is 16.6 Å². The van der Waals surface area contributed by atoms with Crippen LogP contribution in [0.3, 0.4) is 0 Å². The van der Waals surface area contributed by atoms with Gasteiger partial charge in [0.2, 0.25) is 0 Å². The van der Waals surface area contributed by atoms with Crippen LogP contribution >= 0.6 is 34.7 Å². The third kappa shape index (κ3) is 4.64. The van der Waals surface area contributed by atoms with Gasteiger partial charge in [0.1, 0.15) is 0 Å². The number of rotatable bonds is 6. The summed E-state index contributed by atoms with van der Waals surface area (Å²) in [5.74, 6) is 0.939. The second kappa shape index (κ2) is 8.99. The molecule has 0 fully saturated rings. The number of benzene rings is 3. The third-order valence-electron chi connectivity index (χ3n) is 4.41. The second-order valence-electron chi connectivity index (χ2n) is 6.44. The summed E-state index contributed by atoms with van der Waals surface area (Å²) in [6.07, 6.45) is 0. The summed E-state index contributed by atoms with van der Waals surface area (Å²) >= 11 is 9.37. The highest BCUT2D eigenvalue weighted by Crippen LogP contribution is 2.32. The van der Waals surface area contributed by atoms with Gasteiger partial charge in [0, 0.05) is 15.5 Å². The Morgan fingerprint density at radius 3 is 2.55 bits per heavy atom. The lowest BCUT2D eigenvalue weighted by atomic mass is 10.1. The first-order chi connectivity index (χ1) is 14.1. The number of halogens is 1. The van der Waals surface area contributed by atoms with Crippen molar-refractivity contribution in [2.24, 2.45) is 0 Å². The molecule has 0 bridgehead atoms. The highest BCUT2D eigenvalue weighted by molar-refractivity contribution is 7.99. The molecule has 4 rings (SSSR count). The van der Waals surface area contributed by atoms with Gasteiger partial charge in [-0.05, 0) is 53.8 Å². The molecule has 29 heavy (non-hydrogen) atoms. The third-order valence-corrected chi connectivity index (χ3v) is 6.58. The Labute approximate surface area is 183 Å². The SMILES string of the molecule is CCSc1ccc(C(=O)N(Cc2ccccc2)c2nc3ccc(Cl)cc3s2)cc1. The average Bonchev–Trinajstić information content (AvgIpc) is 3.16. The highest BCUT2D eigenvalue weighted by Gasteiger charge is 2.22. The van der Waals surface area contributed by atoms with Crippen molar-refractivity contribution in [1.29, 1.82) is 0 Å². The van der Waals surface area contributed by atoms with Crippen LogP contribution < -0.4 is 4.90 Å². The number of anilines is 1. The maximum absolute atomic E-state index is 13.4. The van der Waals surface area contributed by atoms with E-state index in [2.05, 4.69) is 6.92 Å². The van der Waals surface area contributed by atoms with Crippen LogP contribution in [0.4, 0.5) is 5.13 Å². The molecule has 0 radical (unpaired) electrons. The van der Waals surface area contributed by atoms with Gasteiger partial charge in [0.05, 0.1) is 16.8 Å². The average molecular weight is 439 g/mol. The number of nitrogens with zero attached hydrogens (tertiary/aromatic N) is 2. The normalized spacial score (nSPS) is 11.0. The minimum absolute atomic E-state index is 0.0629. The zero-order chi connectivity index (χ0) is 20.2. The molecule has 0 saturated carbocycles. The first kappa shape index (κ1) is 20.0. The van der Waals surface area contributed by atoms with Gasteiger partial charge in [-0.2, -0.15) is 0 Å². The number of thiazole rings is 1. The Hall–Kier alpha value is -2.34. The minimum Gasteiger partial charge on any atom is -0.279 e. The van der Waals surface area contributed by atoms with Gasteiger partial charge in [-0.3, -0.25) is 9.69 Å². The molecule has 0 aliphatic rings. The maximum atomic E-state index is 13.4. The van der Waals surface area contributed by atoms with Crippen molar-refractivity contribution in [2.45, 2.75) is 18.4 Å². The largest absolute Gasteiger partial charge is 0.279 e. The number of carbonyl (C=O) groups excluding carboxylic acids is 1. The Morgan fingerprint density at radius 1 is 1.07 bits per heavy atom. The minimum atomic E-state index is -0.0629. The molecule has 3 aromatic carbocycles. The zero-order valence-electron chi connectivity index (χ0n) is 15.8. The summed E-state index contributed by atoms with van der Waals surface area (Å²) in [5.41, 5.74) is 2.55. The number of amides is 1. The Morgan fingerprint density at radius 2 is 1.83 bits per heavy atom. The van der Waals surface area contributed by atoms with E-state index in [1.54, 1.807) is 16.7 Å². The summed E-state index contributed by atoms with van der Waals surface area (Å²) < 4.78 is 0.966. The van der Waals surface area contributed by atoms with Crippen LogP contribution in [0, 0.1) is 0 Å². The van der Waals surface area contributed by atoms with E-state index in [9.17, 15) is 4.79 Å².